The zero-order chi connectivity index (χ0) is 16.2. The summed E-state index contributed by atoms with van der Waals surface area (Å²) in [6.45, 7) is 3.75. The fourth-order valence-corrected chi connectivity index (χ4v) is 4.00. The van der Waals surface area contributed by atoms with Crippen LogP contribution in [-0.2, 0) is 6.54 Å². The molecule has 0 aliphatic carbocycles. The molecule has 2 fully saturated rings. The number of nitrogens with one attached hydrogen (secondary N) is 2. The molecule has 2 atom stereocenters. The van der Waals surface area contributed by atoms with Crippen LogP contribution >= 0.6 is 24.0 Å². The van der Waals surface area contributed by atoms with Crippen molar-refractivity contribution in [2.45, 2.75) is 63.7 Å². The molecule has 1 aromatic rings. The standard InChI is InChI=1S/C17H30N6.HI/c1-13-11-20-23(12-13)8-7-19-17(18-2)21-14-9-15-5-4-6-16(10-14)22(15)3;/h11-12,14-16H,4-10H2,1-3H3,(H2,18,19,21);1H. The van der Waals surface area contributed by atoms with Gasteiger partial charge in [-0.25, -0.2) is 0 Å². The van der Waals surface area contributed by atoms with Crippen molar-refractivity contribution in [1.29, 1.82) is 0 Å². The SMILES string of the molecule is CN=C(NCCn1cc(C)cn1)NC1CC2CCCC(C1)N2C.I. The maximum Gasteiger partial charge on any atom is 0.191 e. The second kappa shape index (κ2) is 9.03. The molecular weight excluding hydrogens is 415 g/mol. The van der Waals surface area contributed by atoms with Gasteiger partial charge < -0.3 is 15.5 Å². The van der Waals surface area contributed by atoms with Gasteiger partial charge in [0.05, 0.1) is 12.7 Å². The fraction of sp³-hybridized carbons (Fsp3) is 0.765. The topological polar surface area (TPSA) is 57.5 Å². The predicted octanol–water partition coefficient (Wildman–Crippen LogP) is 1.99. The number of piperidine rings is 2. The Bertz CT molecular complexity index is 529. The predicted molar refractivity (Wildman–Crippen MR) is 109 cm³/mol. The summed E-state index contributed by atoms with van der Waals surface area (Å²) in [4.78, 5) is 6.98. The largest absolute Gasteiger partial charge is 0.355 e. The summed E-state index contributed by atoms with van der Waals surface area (Å²) in [5, 5.41) is 11.4. The van der Waals surface area contributed by atoms with Crippen LogP contribution in [0.5, 0.6) is 0 Å². The third-order valence-electron chi connectivity index (χ3n) is 5.30. The average molecular weight is 446 g/mol. The Hall–Kier alpha value is -0.830. The number of rotatable bonds is 4. The lowest BCUT2D eigenvalue weighted by Crippen LogP contribution is -2.56. The Morgan fingerprint density at radius 3 is 2.62 bits per heavy atom. The molecule has 1 aromatic heterocycles. The van der Waals surface area contributed by atoms with Crippen LogP contribution in [-0.4, -0.2) is 59.4 Å². The van der Waals surface area contributed by atoms with Crippen molar-refractivity contribution in [2.24, 2.45) is 4.99 Å². The van der Waals surface area contributed by atoms with Crippen molar-refractivity contribution >= 4 is 29.9 Å². The van der Waals surface area contributed by atoms with Crippen molar-refractivity contribution in [3.8, 4) is 0 Å². The maximum atomic E-state index is 4.38. The quantitative estimate of drug-likeness (QED) is 0.422. The van der Waals surface area contributed by atoms with Gasteiger partial charge in [0.1, 0.15) is 0 Å². The number of aromatic nitrogens is 2. The average Bonchev–Trinajstić information content (AvgIpc) is 2.92. The van der Waals surface area contributed by atoms with Crippen molar-refractivity contribution in [3.05, 3.63) is 18.0 Å². The summed E-state index contributed by atoms with van der Waals surface area (Å²) in [7, 11) is 4.15. The first-order chi connectivity index (χ1) is 11.2. The van der Waals surface area contributed by atoms with Crippen molar-refractivity contribution in [1.82, 2.24) is 25.3 Å². The number of aliphatic imine (C=N–C) groups is 1. The van der Waals surface area contributed by atoms with Gasteiger partial charge in [0, 0.05) is 37.9 Å². The molecule has 3 heterocycles. The highest BCUT2D eigenvalue weighted by Crippen LogP contribution is 2.32. The summed E-state index contributed by atoms with van der Waals surface area (Å²) in [6.07, 6.45) is 10.5. The van der Waals surface area contributed by atoms with Crippen LogP contribution < -0.4 is 10.6 Å². The molecule has 136 valence electrons. The van der Waals surface area contributed by atoms with Gasteiger partial charge in [-0.1, -0.05) is 6.42 Å². The summed E-state index contributed by atoms with van der Waals surface area (Å²) in [6, 6.07) is 2.02. The van der Waals surface area contributed by atoms with Crippen LogP contribution in [0.15, 0.2) is 17.4 Å². The second-order valence-electron chi connectivity index (χ2n) is 7.00. The first-order valence-corrected chi connectivity index (χ1v) is 8.84. The van der Waals surface area contributed by atoms with Gasteiger partial charge in [0.25, 0.3) is 0 Å². The highest BCUT2D eigenvalue weighted by molar-refractivity contribution is 14.0. The monoisotopic (exact) mass is 446 g/mol. The maximum absolute atomic E-state index is 4.38. The second-order valence-corrected chi connectivity index (χ2v) is 7.00. The number of hydrogen-bond donors (Lipinski definition) is 2. The molecule has 24 heavy (non-hydrogen) atoms. The number of hydrogen-bond acceptors (Lipinski definition) is 3. The highest BCUT2D eigenvalue weighted by Gasteiger charge is 2.36. The third-order valence-corrected chi connectivity index (χ3v) is 5.30. The Balaban J connectivity index is 0.00000208. The van der Waals surface area contributed by atoms with E-state index >= 15 is 0 Å². The van der Waals surface area contributed by atoms with Crippen LogP contribution in [0.1, 0.15) is 37.7 Å². The van der Waals surface area contributed by atoms with E-state index in [2.05, 4.69) is 45.8 Å². The minimum atomic E-state index is 0. The highest BCUT2D eigenvalue weighted by atomic mass is 127. The van der Waals surface area contributed by atoms with Gasteiger partial charge in [-0.15, -0.1) is 24.0 Å². The van der Waals surface area contributed by atoms with Crippen LogP contribution in [0.3, 0.4) is 0 Å². The Morgan fingerprint density at radius 2 is 2.04 bits per heavy atom. The molecule has 0 saturated carbocycles. The van der Waals surface area contributed by atoms with Gasteiger partial charge in [-0.05, 0) is 45.2 Å². The van der Waals surface area contributed by atoms with Gasteiger partial charge in [-0.3, -0.25) is 9.67 Å². The van der Waals surface area contributed by atoms with Crippen molar-refractivity contribution < 1.29 is 0 Å². The number of halogens is 1. The molecule has 2 unspecified atom stereocenters. The molecule has 7 heteroatoms. The van der Waals surface area contributed by atoms with Crippen LogP contribution in [0, 0.1) is 6.92 Å². The van der Waals surface area contributed by atoms with Gasteiger partial charge in [0.2, 0.25) is 0 Å². The minimum absolute atomic E-state index is 0. The third kappa shape index (κ3) is 4.84. The summed E-state index contributed by atoms with van der Waals surface area (Å²) in [5.41, 5.74) is 1.20. The number of fused-ring (bicyclic) bond motifs is 2. The molecule has 0 aromatic carbocycles. The molecule has 6 nitrogen and oxygen atoms in total. The smallest absolute Gasteiger partial charge is 0.191 e. The van der Waals surface area contributed by atoms with E-state index in [-0.39, 0.29) is 24.0 Å². The van der Waals surface area contributed by atoms with Crippen LogP contribution in [0.25, 0.3) is 0 Å². The summed E-state index contributed by atoms with van der Waals surface area (Å²) in [5.74, 6) is 0.918. The fourth-order valence-electron chi connectivity index (χ4n) is 4.00. The molecule has 2 N–H and O–H groups in total. The summed E-state index contributed by atoms with van der Waals surface area (Å²) >= 11 is 0. The molecule has 2 bridgehead atoms. The van der Waals surface area contributed by atoms with E-state index in [0.717, 1.165) is 31.1 Å². The Labute approximate surface area is 162 Å². The molecule has 2 aliphatic rings. The first kappa shape index (κ1) is 19.5. The van der Waals surface area contributed by atoms with E-state index in [9.17, 15) is 0 Å². The van der Waals surface area contributed by atoms with Crippen LogP contribution in [0.2, 0.25) is 0 Å². The molecule has 0 radical (unpaired) electrons. The van der Waals surface area contributed by atoms with Crippen LogP contribution in [0.4, 0.5) is 0 Å². The van der Waals surface area contributed by atoms with E-state index in [0.29, 0.717) is 6.04 Å². The molecule has 3 rings (SSSR count). The molecule has 2 aliphatic heterocycles. The van der Waals surface area contributed by atoms with E-state index < -0.39 is 0 Å². The minimum Gasteiger partial charge on any atom is -0.355 e. The van der Waals surface area contributed by atoms with Crippen molar-refractivity contribution in [3.63, 3.8) is 0 Å². The Kier molecular flexibility index (Phi) is 7.34. The molecule has 0 spiro atoms. The Morgan fingerprint density at radius 1 is 1.33 bits per heavy atom. The molecular formula is C17H31IN6. The number of aryl methyl sites for hydroxylation is 1. The lowest BCUT2D eigenvalue weighted by Gasteiger charge is -2.47. The zero-order valence-electron chi connectivity index (χ0n) is 15.0. The van der Waals surface area contributed by atoms with Gasteiger partial charge >= 0.3 is 0 Å². The molecule has 2 saturated heterocycles. The molecule has 0 amide bonds. The number of guanidine groups is 1. The van der Waals surface area contributed by atoms with Crippen molar-refractivity contribution in [2.75, 3.05) is 20.6 Å². The van der Waals surface area contributed by atoms with E-state index in [1.165, 1.54) is 37.7 Å². The lowest BCUT2D eigenvalue weighted by molar-refractivity contribution is 0.0526. The number of nitrogens with zero attached hydrogens (tertiary/aromatic N) is 4. The van der Waals surface area contributed by atoms with E-state index in [1.807, 2.05) is 17.9 Å². The van der Waals surface area contributed by atoms with Gasteiger partial charge in [-0.2, -0.15) is 5.10 Å². The van der Waals surface area contributed by atoms with Gasteiger partial charge in [0.15, 0.2) is 5.96 Å². The van der Waals surface area contributed by atoms with E-state index in [1.54, 1.807) is 0 Å². The summed E-state index contributed by atoms with van der Waals surface area (Å²) < 4.78 is 1.97. The first-order valence-electron chi connectivity index (χ1n) is 8.84. The lowest BCUT2D eigenvalue weighted by atomic mass is 9.82. The zero-order valence-corrected chi connectivity index (χ0v) is 17.4. The normalized spacial score (nSPS) is 27.5. The van der Waals surface area contributed by atoms with E-state index in [4.69, 9.17) is 0 Å².